The number of unbranched alkanes of at least 4 members (excludes halogenated alkanes) is 1. The Bertz CT molecular complexity index is 2160. The molecular weight excluding hydrogens is 1060 g/mol. The number of nitrogens with one attached hydrogen (secondary N) is 9. The molecule has 0 radical (unpaired) electrons. The molecule has 22 N–H and O–H groups in total. The van der Waals surface area contributed by atoms with Crippen LogP contribution in [0.5, 0.6) is 0 Å². The number of carboxylic acids is 2. The first kappa shape index (κ1) is 69.4. The van der Waals surface area contributed by atoms with E-state index in [0.29, 0.717) is 25.7 Å². The second kappa shape index (κ2) is 34.5. The summed E-state index contributed by atoms with van der Waals surface area (Å²) in [6.45, 7) is 5.50. The van der Waals surface area contributed by atoms with Crippen molar-refractivity contribution >= 4 is 71.0 Å². The molecule has 2 fully saturated rings. The number of aliphatic hydroxyl groups is 3. The maximum Gasteiger partial charge on any atom is 0.325 e. The molecule has 0 aromatic rings. The van der Waals surface area contributed by atoms with Gasteiger partial charge in [-0.2, -0.15) is 0 Å². The fourth-order valence-electron chi connectivity index (χ4n) is 8.76. The summed E-state index contributed by atoms with van der Waals surface area (Å²) >= 11 is 0. The lowest BCUT2D eigenvalue weighted by molar-refractivity contribution is -0.145. The highest BCUT2D eigenvalue weighted by atomic mass is 16.4. The molecule has 0 aromatic carbocycles. The van der Waals surface area contributed by atoms with Crippen molar-refractivity contribution in [2.24, 2.45) is 28.9 Å². The van der Waals surface area contributed by atoms with Gasteiger partial charge >= 0.3 is 11.9 Å². The minimum absolute atomic E-state index is 0.00714. The number of amides is 10. The van der Waals surface area contributed by atoms with Crippen molar-refractivity contribution in [3.05, 3.63) is 0 Å². The van der Waals surface area contributed by atoms with Gasteiger partial charge in [0.25, 0.3) is 0 Å². The third-order valence-corrected chi connectivity index (χ3v) is 13.5. The zero-order valence-electron chi connectivity index (χ0n) is 45.9. The van der Waals surface area contributed by atoms with Gasteiger partial charge in [0.15, 0.2) is 0 Å². The molecule has 80 heavy (non-hydrogen) atoms. The largest absolute Gasteiger partial charge is 0.481 e. The number of likely N-dealkylation sites (tertiary alicyclic amines) is 2. The molecule has 454 valence electrons. The molecule has 2 saturated heterocycles. The SMILES string of the molecule is CC[C@H](C)[C@H](NC(=O)[C@H](CO)NC(=O)[C@@H]1CCCN1C(=O)[C@H](C)N)C(=O)N[C@@H](CC(=O)O)C(=O)N[C@@H](CCCNC(N)N)C(=O)N[C@@H](CO)C(=O)N[C@H](C(=O)N[C@@H](CCCCN)C(=O)N1CCC[C@H]1C(=O)N[C@@H](C)C(=O)O)[C@@H](C)O. The van der Waals surface area contributed by atoms with Gasteiger partial charge in [0.05, 0.1) is 31.8 Å². The molecule has 32 heteroatoms. The maximum absolute atomic E-state index is 14.0. The Kier molecular flexibility index (Phi) is 29.9. The van der Waals surface area contributed by atoms with Gasteiger partial charge in [-0.1, -0.05) is 20.3 Å². The van der Waals surface area contributed by atoms with Crippen LogP contribution >= 0.6 is 0 Å². The summed E-state index contributed by atoms with van der Waals surface area (Å²) in [6.07, 6.45) is -1.81. The van der Waals surface area contributed by atoms with E-state index >= 15 is 0 Å². The summed E-state index contributed by atoms with van der Waals surface area (Å²) in [5, 5.41) is 71.8. The molecule has 13 atom stereocenters. The zero-order chi connectivity index (χ0) is 60.6. The fraction of sp³-hybridized carbons (Fsp3) is 0.750. The van der Waals surface area contributed by atoms with Crippen molar-refractivity contribution in [3.63, 3.8) is 0 Å². The monoisotopic (exact) mass is 1140 g/mol. The first-order valence-electron chi connectivity index (χ1n) is 26.7. The lowest BCUT2D eigenvalue weighted by atomic mass is 9.97. The van der Waals surface area contributed by atoms with Crippen LogP contribution in [0.1, 0.15) is 105 Å². The molecule has 2 rings (SSSR count). The van der Waals surface area contributed by atoms with E-state index in [1.807, 2.05) is 0 Å². The van der Waals surface area contributed by atoms with Crippen molar-refractivity contribution in [3.8, 4) is 0 Å². The molecule has 2 heterocycles. The molecular formula is C48H85N15O17. The van der Waals surface area contributed by atoms with Gasteiger partial charge in [-0.25, -0.2) is 0 Å². The van der Waals surface area contributed by atoms with Crippen LogP contribution in [-0.4, -0.2) is 225 Å². The van der Waals surface area contributed by atoms with E-state index in [2.05, 4.69) is 47.9 Å². The quantitative estimate of drug-likeness (QED) is 0.0207. The molecule has 0 spiro atoms. The predicted octanol–water partition coefficient (Wildman–Crippen LogP) is -8.12. The average molecular weight is 1140 g/mol. The van der Waals surface area contributed by atoms with Crippen LogP contribution in [0.25, 0.3) is 0 Å². The van der Waals surface area contributed by atoms with Gasteiger partial charge in [0.2, 0.25) is 59.1 Å². The minimum atomic E-state index is -1.94. The summed E-state index contributed by atoms with van der Waals surface area (Å²) in [4.78, 5) is 162. The molecule has 32 nitrogen and oxygen atoms in total. The lowest BCUT2D eigenvalue weighted by Gasteiger charge is -2.31. The molecule has 0 aromatic heterocycles. The predicted molar refractivity (Wildman–Crippen MR) is 282 cm³/mol. The van der Waals surface area contributed by atoms with E-state index in [1.165, 1.54) is 30.6 Å². The maximum atomic E-state index is 14.0. The number of nitrogens with zero attached hydrogens (tertiary/aromatic N) is 2. The molecule has 0 bridgehead atoms. The summed E-state index contributed by atoms with van der Waals surface area (Å²) in [7, 11) is 0. The van der Waals surface area contributed by atoms with Gasteiger partial charge in [-0.3, -0.25) is 62.9 Å². The van der Waals surface area contributed by atoms with Crippen LogP contribution in [0.15, 0.2) is 0 Å². The summed E-state index contributed by atoms with van der Waals surface area (Å²) in [5.41, 5.74) is 22.5. The third kappa shape index (κ3) is 21.8. The highest BCUT2D eigenvalue weighted by molar-refractivity contribution is 6.00. The smallest absolute Gasteiger partial charge is 0.325 e. The average Bonchev–Trinajstić information content (AvgIpc) is 4.11. The molecule has 0 saturated carbocycles. The Hall–Kier alpha value is -6.68. The van der Waals surface area contributed by atoms with Crippen LogP contribution in [0.3, 0.4) is 0 Å². The zero-order valence-corrected chi connectivity index (χ0v) is 45.9. The number of rotatable bonds is 35. The molecule has 10 amide bonds. The van der Waals surface area contributed by atoms with Crippen LogP contribution in [0.2, 0.25) is 0 Å². The van der Waals surface area contributed by atoms with E-state index in [1.54, 1.807) is 6.92 Å². The van der Waals surface area contributed by atoms with E-state index in [9.17, 15) is 83.1 Å². The van der Waals surface area contributed by atoms with Crippen molar-refractivity contribution < 1.29 is 83.1 Å². The standard InChI is InChI=1S/C48H85N15O17/c1-6-23(2)35(60-39(71)31(22-65)59-42(74)33-15-10-18-62(33)45(77)24(3)50)43(75)57-29(20-34(67)68)38(70)55-27(13-9-17-53-48(51)52)37(69)58-30(21-64)40(72)61-36(26(5)66)44(76)56-28(12-7-8-16-49)46(78)63-19-11-14-32(63)41(73)54-25(4)47(79)80/h23-33,35-36,48,53,64-66H,6-22,49-52H2,1-5H3,(H,54,73)(H,55,70)(H,56,76)(H,57,75)(H,58,69)(H,59,74)(H,60,71)(H,61,72)(H,67,68)(H,79,80)/t23-,24-,25-,26+,27-,28-,29-,30-,31-,32-,33-,35-,36-/m0/s1. The van der Waals surface area contributed by atoms with Gasteiger partial charge < -0.3 is 101 Å². The number of hydrogen-bond donors (Lipinski definition) is 18. The van der Waals surface area contributed by atoms with E-state index in [4.69, 9.17) is 22.9 Å². The van der Waals surface area contributed by atoms with Crippen molar-refractivity contribution in [1.29, 1.82) is 0 Å². The summed E-state index contributed by atoms with van der Waals surface area (Å²) in [6, 6.07) is -16.1. The number of carbonyl (C=O) groups excluding carboxylic acids is 10. The molecule has 0 aliphatic carbocycles. The minimum Gasteiger partial charge on any atom is -0.481 e. The van der Waals surface area contributed by atoms with Crippen molar-refractivity contribution in [2.75, 3.05) is 39.4 Å². The van der Waals surface area contributed by atoms with Gasteiger partial charge in [0.1, 0.15) is 66.7 Å². The Morgan fingerprint density at radius 2 is 1.02 bits per heavy atom. The molecule has 0 unspecified atom stereocenters. The Morgan fingerprint density at radius 3 is 1.52 bits per heavy atom. The van der Waals surface area contributed by atoms with E-state index < -0.39 is 175 Å². The van der Waals surface area contributed by atoms with Gasteiger partial charge in [-0.05, 0) is 97.6 Å². The van der Waals surface area contributed by atoms with Crippen LogP contribution in [0, 0.1) is 5.92 Å². The number of carbonyl (C=O) groups is 12. The lowest BCUT2D eigenvalue weighted by Crippen LogP contribution is -2.62. The fourth-order valence-corrected chi connectivity index (χ4v) is 8.76. The van der Waals surface area contributed by atoms with E-state index in [0.717, 1.165) is 6.92 Å². The van der Waals surface area contributed by atoms with Crippen molar-refractivity contribution in [1.82, 2.24) is 57.7 Å². The normalized spacial score (nSPS) is 19.3. The number of hydrogen-bond acceptors (Lipinski definition) is 20. The van der Waals surface area contributed by atoms with Crippen LogP contribution < -0.4 is 70.8 Å². The Morgan fingerprint density at radius 1 is 0.562 bits per heavy atom. The van der Waals surface area contributed by atoms with Gasteiger partial charge in [0, 0.05) is 13.1 Å². The second-order valence-electron chi connectivity index (χ2n) is 20.0. The molecule has 2 aliphatic rings. The van der Waals surface area contributed by atoms with Crippen molar-refractivity contribution in [2.45, 2.75) is 184 Å². The van der Waals surface area contributed by atoms with Gasteiger partial charge in [-0.15, -0.1) is 0 Å². The highest BCUT2D eigenvalue weighted by Crippen LogP contribution is 2.21. The second-order valence-corrected chi connectivity index (χ2v) is 20.0. The number of carboxylic acid groups (broad SMARTS) is 2. The number of aliphatic hydroxyl groups excluding tert-OH is 3. The first-order chi connectivity index (χ1) is 37.6. The van der Waals surface area contributed by atoms with Crippen LogP contribution in [-0.2, 0) is 57.5 Å². The molecule has 2 aliphatic heterocycles. The third-order valence-electron chi connectivity index (χ3n) is 13.5. The number of nitrogens with two attached hydrogens (primary N) is 4. The number of aliphatic carboxylic acids is 2. The topological polar surface area (TPSA) is 525 Å². The van der Waals surface area contributed by atoms with Crippen LogP contribution in [0.4, 0.5) is 0 Å². The Balaban J connectivity index is 2.35. The summed E-state index contributed by atoms with van der Waals surface area (Å²) < 4.78 is 0. The van der Waals surface area contributed by atoms with E-state index in [-0.39, 0.29) is 64.7 Å². The highest BCUT2D eigenvalue weighted by Gasteiger charge is 2.42. The first-order valence-corrected chi connectivity index (χ1v) is 26.7. The Labute approximate surface area is 463 Å². The summed E-state index contributed by atoms with van der Waals surface area (Å²) in [5.74, 6) is -13.2.